The van der Waals surface area contributed by atoms with E-state index in [1.54, 1.807) is 0 Å². The molecule has 0 aromatic carbocycles. The Morgan fingerprint density at radius 2 is 1.94 bits per heavy atom. The van der Waals surface area contributed by atoms with Crippen LogP contribution in [0.15, 0.2) is 0 Å². The molecule has 1 saturated carbocycles. The number of nitrogens with one attached hydrogen (secondary N) is 1. The van der Waals surface area contributed by atoms with E-state index in [-0.39, 0.29) is 0 Å². The molecule has 1 aliphatic carbocycles. The Balaban J connectivity index is 1.55. The molecule has 2 fully saturated rings. The quantitative estimate of drug-likeness (QED) is 0.732. The summed E-state index contributed by atoms with van der Waals surface area (Å²) in [5.74, 6) is 0.972. The molecule has 1 aliphatic heterocycles. The van der Waals surface area contributed by atoms with Gasteiger partial charge in [0, 0.05) is 38.8 Å². The highest BCUT2D eigenvalue weighted by Crippen LogP contribution is 2.23. The Morgan fingerprint density at radius 3 is 2.65 bits per heavy atom. The van der Waals surface area contributed by atoms with Gasteiger partial charge < -0.3 is 10.2 Å². The van der Waals surface area contributed by atoms with Gasteiger partial charge in [-0.25, -0.2) is 0 Å². The average Bonchev–Trinajstić information content (AvgIpc) is 2.79. The Bertz CT molecular complexity index is 214. The SMILES string of the molecule is CC1CN(C)CCN1CCNCC1CCCC1. The number of piperazine rings is 1. The van der Waals surface area contributed by atoms with E-state index in [0.717, 1.165) is 12.0 Å². The van der Waals surface area contributed by atoms with Crippen molar-refractivity contribution in [3.8, 4) is 0 Å². The highest BCUT2D eigenvalue weighted by Gasteiger charge is 2.20. The highest BCUT2D eigenvalue weighted by molar-refractivity contribution is 4.78. The lowest BCUT2D eigenvalue weighted by molar-refractivity contribution is 0.101. The van der Waals surface area contributed by atoms with Crippen LogP contribution in [0.5, 0.6) is 0 Å². The van der Waals surface area contributed by atoms with Gasteiger partial charge in [-0.1, -0.05) is 12.8 Å². The van der Waals surface area contributed by atoms with Gasteiger partial charge in [-0.15, -0.1) is 0 Å². The summed E-state index contributed by atoms with van der Waals surface area (Å²) >= 11 is 0. The topological polar surface area (TPSA) is 18.5 Å². The van der Waals surface area contributed by atoms with Crippen LogP contribution in [-0.4, -0.2) is 62.2 Å². The fourth-order valence-corrected chi connectivity index (χ4v) is 3.25. The van der Waals surface area contributed by atoms with Crippen molar-refractivity contribution in [2.45, 2.75) is 38.6 Å². The maximum absolute atomic E-state index is 3.65. The van der Waals surface area contributed by atoms with Crippen LogP contribution in [0, 0.1) is 5.92 Å². The first-order chi connectivity index (χ1) is 8.25. The van der Waals surface area contributed by atoms with Gasteiger partial charge in [0.25, 0.3) is 0 Å². The second-order valence-electron chi connectivity index (χ2n) is 6.00. The van der Waals surface area contributed by atoms with Gasteiger partial charge in [-0.2, -0.15) is 0 Å². The van der Waals surface area contributed by atoms with Gasteiger partial charge in [0.15, 0.2) is 0 Å². The number of rotatable bonds is 5. The molecular formula is C14H29N3. The Labute approximate surface area is 107 Å². The molecule has 2 aliphatic rings. The molecule has 1 heterocycles. The standard InChI is InChI=1S/C14H29N3/c1-13-12-16(2)9-10-17(13)8-7-15-11-14-5-3-4-6-14/h13-15H,3-12H2,1-2H3. The summed E-state index contributed by atoms with van der Waals surface area (Å²) in [5.41, 5.74) is 0. The second-order valence-corrected chi connectivity index (χ2v) is 6.00. The van der Waals surface area contributed by atoms with E-state index in [1.165, 1.54) is 65.0 Å². The van der Waals surface area contributed by atoms with Crippen LogP contribution in [0.2, 0.25) is 0 Å². The molecule has 1 saturated heterocycles. The van der Waals surface area contributed by atoms with Crippen molar-refractivity contribution in [3.63, 3.8) is 0 Å². The molecule has 17 heavy (non-hydrogen) atoms. The molecular weight excluding hydrogens is 210 g/mol. The highest BCUT2D eigenvalue weighted by atomic mass is 15.3. The van der Waals surface area contributed by atoms with Gasteiger partial charge in [-0.3, -0.25) is 4.90 Å². The molecule has 100 valence electrons. The van der Waals surface area contributed by atoms with Gasteiger partial charge >= 0.3 is 0 Å². The van der Waals surface area contributed by atoms with Gasteiger partial charge in [-0.05, 0) is 39.3 Å². The molecule has 0 radical (unpaired) electrons. The van der Waals surface area contributed by atoms with Crippen LogP contribution >= 0.6 is 0 Å². The lowest BCUT2D eigenvalue weighted by Gasteiger charge is -2.38. The normalized spacial score (nSPS) is 28.9. The minimum Gasteiger partial charge on any atom is -0.315 e. The molecule has 0 amide bonds. The molecule has 3 nitrogen and oxygen atoms in total. The summed E-state index contributed by atoms with van der Waals surface area (Å²) in [4.78, 5) is 5.06. The van der Waals surface area contributed by atoms with Crippen LogP contribution in [0.25, 0.3) is 0 Å². The van der Waals surface area contributed by atoms with E-state index in [4.69, 9.17) is 0 Å². The molecule has 0 aromatic heterocycles. The summed E-state index contributed by atoms with van der Waals surface area (Å²) in [7, 11) is 2.23. The zero-order chi connectivity index (χ0) is 12.1. The fraction of sp³-hybridized carbons (Fsp3) is 1.00. The largest absolute Gasteiger partial charge is 0.315 e. The summed E-state index contributed by atoms with van der Waals surface area (Å²) < 4.78 is 0. The number of hydrogen-bond donors (Lipinski definition) is 1. The third-order valence-corrected chi connectivity index (χ3v) is 4.45. The van der Waals surface area contributed by atoms with E-state index < -0.39 is 0 Å². The fourth-order valence-electron chi connectivity index (χ4n) is 3.25. The zero-order valence-corrected chi connectivity index (χ0v) is 11.6. The van der Waals surface area contributed by atoms with Crippen molar-refractivity contribution in [3.05, 3.63) is 0 Å². The van der Waals surface area contributed by atoms with Crippen LogP contribution in [-0.2, 0) is 0 Å². The predicted molar refractivity (Wildman–Crippen MR) is 73.4 cm³/mol. The van der Waals surface area contributed by atoms with Crippen LogP contribution in [0.3, 0.4) is 0 Å². The smallest absolute Gasteiger partial charge is 0.0195 e. The van der Waals surface area contributed by atoms with Crippen LogP contribution in [0.1, 0.15) is 32.6 Å². The van der Waals surface area contributed by atoms with E-state index in [2.05, 4.69) is 29.1 Å². The van der Waals surface area contributed by atoms with E-state index in [0.29, 0.717) is 0 Å². The minimum atomic E-state index is 0.724. The lowest BCUT2D eigenvalue weighted by Crippen LogP contribution is -2.52. The average molecular weight is 239 g/mol. The molecule has 0 aromatic rings. The Morgan fingerprint density at radius 1 is 1.18 bits per heavy atom. The van der Waals surface area contributed by atoms with Crippen molar-refractivity contribution < 1.29 is 0 Å². The molecule has 3 heteroatoms. The van der Waals surface area contributed by atoms with E-state index in [9.17, 15) is 0 Å². The molecule has 1 unspecified atom stereocenters. The minimum absolute atomic E-state index is 0.724. The van der Waals surface area contributed by atoms with Crippen LogP contribution < -0.4 is 5.32 Å². The lowest BCUT2D eigenvalue weighted by atomic mass is 10.1. The third-order valence-electron chi connectivity index (χ3n) is 4.45. The molecule has 1 N–H and O–H groups in total. The monoisotopic (exact) mass is 239 g/mol. The van der Waals surface area contributed by atoms with Crippen molar-refractivity contribution in [2.24, 2.45) is 5.92 Å². The summed E-state index contributed by atoms with van der Waals surface area (Å²) in [5, 5.41) is 3.65. The summed E-state index contributed by atoms with van der Waals surface area (Å²) in [6.45, 7) is 9.69. The molecule has 1 atom stereocenters. The van der Waals surface area contributed by atoms with Gasteiger partial charge in [0.1, 0.15) is 0 Å². The summed E-state index contributed by atoms with van der Waals surface area (Å²) in [6, 6.07) is 0.724. The number of nitrogens with zero attached hydrogens (tertiary/aromatic N) is 2. The van der Waals surface area contributed by atoms with Crippen molar-refractivity contribution in [1.82, 2.24) is 15.1 Å². The number of likely N-dealkylation sites (N-methyl/N-ethyl adjacent to an activating group) is 1. The van der Waals surface area contributed by atoms with E-state index >= 15 is 0 Å². The summed E-state index contributed by atoms with van der Waals surface area (Å²) in [6.07, 6.45) is 5.83. The van der Waals surface area contributed by atoms with Gasteiger partial charge in [0.05, 0.1) is 0 Å². The third kappa shape index (κ3) is 4.23. The van der Waals surface area contributed by atoms with Crippen molar-refractivity contribution >= 4 is 0 Å². The predicted octanol–water partition coefficient (Wildman–Crippen LogP) is 1.40. The van der Waals surface area contributed by atoms with E-state index in [1.807, 2.05) is 0 Å². The van der Waals surface area contributed by atoms with Crippen LogP contribution in [0.4, 0.5) is 0 Å². The molecule has 0 bridgehead atoms. The Hall–Kier alpha value is -0.120. The first kappa shape index (κ1) is 13.3. The Kier molecular flexibility index (Phi) is 5.26. The molecule has 0 spiro atoms. The first-order valence-corrected chi connectivity index (χ1v) is 7.39. The maximum atomic E-state index is 3.65. The first-order valence-electron chi connectivity index (χ1n) is 7.39. The maximum Gasteiger partial charge on any atom is 0.0195 e. The zero-order valence-electron chi connectivity index (χ0n) is 11.6. The second kappa shape index (κ2) is 6.72. The van der Waals surface area contributed by atoms with Crippen molar-refractivity contribution in [2.75, 3.05) is 46.3 Å². The van der Waals surface area contributed by atoms with Crippen molar-refractivity contribution in [1.29, 1.82) is 0 Å². The van der Waals surface area contributed by atoms with Gasteiger partial charge in [0.2, 0.25) is 0 Å². The molecule has 2 rings (SSSR count). The number of hydrogen-bond acceptors (Lipinski definition) is 3.